The van der Waals surface area contributed by atoms with Gasteiger partial charge in [0.05, 0.1) is 5.69 Å². The Morgan fingerprint density at radius 3 is 2.21 bits per heavy atom. The lowest BCUT2D eigenvalue weighted by molar-refractivity contribution is 0.305. The highest BCUT2D eigenvalue weighted by molar-refractivity contribution is 9.10. The summed E-state index contributed by atoms with van der Waals surface area (Å²) in [6, 6.07) is 10.3. The molecule has 0 heterocycles. The third kappa shape index (κ3) is 3.51. The minimum Gasteiger partial charge on any atom is -0.486 e. The van der Waals surface area contributed by atoms with Crippen LogP contribution in [0.15, 0.2) is 34.8 Å². The lowest BCUT2D eigenvalue weighted by Crippen LogP contribution is -2.01. The molecule has 0 radical (unpaired) electrons. The highest BCUT2D eigenvalue weighted by Crippen LogP contribution is 2.30. The maximum atomic E-state index is 5.99. The molecular weight excluding hydrogens is 302 g/mol. The third-order valence-electron chi connectivity index (χ3n) is 2.93. The van der Waals surface area contributed by atoms with E-state index in [1.807, 2.05) is 19.1 Å². The number of nitrogen functional groups attached to an aromatic ring is 1. The van der Waals surface area contributed by atoms with Crippen molar-refractivity contribution >= 4 is 21.6 Å². The number of ether oxygens (including phenoxy) is 1. The smallest absolute Gasteiger partial charge is 0.145 e. The molecule has 2 rings (SSSR count). The van der Waals surface area contributed by atoms with Crippen LogP contribution in [0.4, 0.5) is 5.69 Å². The Bertz CT molecular complexity index is 564. The van der Waals surface area contributed by atoms with Crippen molar-refractivity contribution in [1.29, 1.82) is 0 Å². The van der Waals surface area contributed by atoms with Crippen LogP contribution in [0.1, 0.15) is 22.3 Å². The lowest BCUT2D eigenvalue weighted by atomic mass is 10.1. The molecule has 2 nitrogen and oxygen atoms in total. The van der Waals surface area contributed by atoms with Gasteiger partial charge in [0, 0.05) is 4.47 Å². The van der Waals surface area contributed by atoms with Crippen LogP contribution in [-0.2, 0) is 6.61 Å². The fraction of sp³-hybridized carbons (Fsp3) is 0.250. The van der Waals surface area contributed by atoms with E-state index in [0.29, 0.717) is 12.3 Å². The van der Waals surface area contributed by atoms with Crippen molar-refractivity contribution in [2.75, 3.05) is 5.73 Å². The van der Waals surface area contributed by atoms with Crippen molar-refractivity contribution in [1.82, 2.24) is 0 Å². The Morgan fingerprint density at radius 1 is 1.00 bits per heavy atom. The SMILES string of the molecule is Cc1cc(C)cc(COc2c(C)cc(Br)cc2N)c1. The van der Waals surface area contributed by atoms with E-state index >= 15 is 0 Å². The zero-order chi connectivity index (χ0) is 14.0. The number of hydrogen-bond acceptors (Lipinski definition) is 2. The quantitative estimate of drug-likeness (QED) is 0.843. The molecule has 0 aliphatic rings. The Morgan fingerprint density at radius 2 is 1.63 bits per heavy atom. The number of benzene rings is 2. The van der Waals surface area contributed by atoms with Gasteiger partial charge in [0.2, 0.25) is 0 Å². The first kappa shape index (κ1) is 13.9. The Kier molecular flexibility index (Phi) is 4.15. The second-order valence-corrected chi connectivity index (χ2v) is 5.84. The van der Waals surface area contributed by atoms with Crippen molar-refractivity contribution in [2.45, 2.75) is 27.4 Å². The molecule has 0 aliphatic heterocycles. The summed E-state index contributed by atoms with van der Waals surface area (Å²) < 4.78 is 6.85. The standard InChI is InChI=1S/C16H18BrNO/c1-10-4-11(2)6-13(5-10)9-19-16-12(3)7-14(17)8-15(16)18/h4-8H,9,18H2,1-3H3. The molecule has 100 valence electrons. The highest BCUT2D eigenvalue weighted by atomic mass is 79.9. The van der Waals surface area contributed by atoms with Gasteiger partial charge in [-0.1, -0.05) is 45.3 Å². The van der Waals surface area contributed by atoms with Crippen LogP contribution in [-0.4, -0.2) is 0 Å². The number of hydrogen-bond donors (Lipinski definition) is 1. The zero-order valence-electron chi connectivity index (χ0n) is 11.5. The van der Waals surface area contributed by atoms with Crippen LogP contribution in [0.3, 0.4) is 0 Å². The van der Waals surface area contributed by atoms with Gasteiger partial charge in [0.25, 0.3) is 0 Å². The van der Waals surface area contributed by atoms with Crippen molar-refractivity contribution in [3.05, 3.63) is 57.1 Å². The molecule has 0 unspecified atom stereocenters. The molecule has 0 amide bonds. The number of nitrogens with two attached hydrogens (primary N) is 1. The second kappa shape index (κ2) is 5.66. The van der Waals surface area contributed by atoms with Crippen LogP contribution in [0, 0.1) is 20.8 Å². The van der Waals surface area contributed by atoms with Gasteiger partial charge in [0.1, 0.15) is 12.4 Å². The summed E-state index contributed by atoms with van der Waals surface area (Å²) in [6.07, 6.45) is 0. The fourth-order valence-corrected chi connectivity index (χ4v) is 2.85. The normalized spacial score (nSPS) is 10.5. The Labute approximate surface area is 122 Å². The Balaban J connectivity index is 2.19. The van der Waals surface area contributed by atoms with E-state index in [4.69, 9.17) is 10.5 Å². The van der Waals surface area contributed by atoms with E-state index in [0.717, 1.165) is 15.8 Å². The molecule has 3 heteroatoms. The summed E-state index contributed by atoms with van der Waals surface area (Å²) in [5.74, 6) is 0.766. The van der Waals surface area contributed by atoms with Gasteiger partial charge in [-0.2, -0.15) is 0 Å². The van der Waals surface area contributed by atoms with Crippen LogP contribution in [0.5, 0.6) is 5.75 Å². The molecular formula is C16H18BrNO. The first-order valence-electron chi connectivity index (χ1n) is 6.21. The predicted molar refractivity (Wildman–Crippen MR) is 83.5 cm³/mol. The minimum atomic E-state index is 0.537. The van der Waals surface area contributed by atoms with Crippen LogP contribution < -0.4 is 10.5 Å². The van der Waals surface area contributed by atoms with Gasteiger partial charge in [-0.3, -0.25) is 0 Å². The summed E-state index contributed by atoms with van der Waals surface area (Å²) in [5.41, 5.74) is 11.4. The van der Waals surface area contributed by atoms with Gasteiger partial charge in [0.15, 0.2) is 0 Å². The zero-order valence-corrected chi connectivity index (χ0v) is 13.0. The lowest BCUT2D eigenvalue weighted by Gasteiger charge is -2.13. The molecule has 0 bridgehead atoms. The molecule has 0 saturated heterocycles. The maximum Gasteiger partial charge on any atom is 0.145 e. The fourth-order valence-electron chi connectivity index (χ4n) is 2.26. The monoisotopic (exact) mass is 319 g/mol. The van der Waals surface area contributed by atoms with Crippen LogP contribution in [0.2, 0.25) is 0 Å². The molecule has 0 aliphatic carbocycles. The molecule has 0 spiro atoms. The highest BCUT2D eigenvalue weighted by Gasteiger charge is 2.07. The molecule has 2 aromatic rings. The molecule has 2 N–H and O–H groups in total. The average Bonchev–Trinajstić information content (AvgIpc) is 2.25. The number of halogens is 1. The predicted octanol–water partition coefficient (Wildman–Crippen LogP) is 4.54. The summed E-state index contributed by atoms with van der Waals surface area (Å²) in [7, 11) is 0. The second-order valence-electron chi connectivity index (χ2n) is 4.93. The van der Waals surface area contributed by atoms with Gasteiger partial charge >= 0.3 is 0 Å². The van der Waals surface area contributed by atoms with E-state index in [-0.39, 0.29) is 0 Å². The van der Waals surface area contributed by atoms with Gasteiger partial charge in [-0.05, 0) is 44.0 Å². The van der Waals surface area contributed by atoms with E-state index < -0.39 is 0 Å². The van der Waals surface area contributed by atoms with Crippen molar-refractivity contribution in [2.24, 2.45) is 0 Å². The third-order valence-corrected chi connectivity index (χ3v) is 3.39. The molecule has 0 fully saturated rings. The summed E-state index contributed by atoms with van der Waals surface area (Å²) >= 11 is 3.43. The van der Waals surface area contributed by atoms with Crippen LogP contribution in [0.25, 0.3) is 0 Å². The first-order chi connectivity index (χ1) is 8.95. The largest absolute Gasteiger partial charge is 0.486 e. The van der Waals surface area contributed by atoms with Crippen molar-refractivity contribution in [3.8, 4) is 5.75 Å². The molecule has 19 heavy (non-hydrogen) atoms. The van der Waals surface area contributed by atoms with E-state index in [2.05, 4.69) is 48.0 Å². The maximum absolute atomic E-state index is 5.99. The number of rotatable bonds is 3. The molecule has 0 atom stereocenters. The molecule has 0 aromatic heterocycles. The number of aryl methyl sites for hydroxylation is 3. The summed E-state index contributed by atoms with van der Waals surface area (Å²) in [4.78, 5) is 0. The van der Waals surface area contributed by atoms with Crippen LogP contribution >= 0.6 is 15.9 Å². The summed E-state index contributed by atoms with van der Waals surface area (Å²) in [6.45, 7) is 6.72. The Hall–Kier alpha value is -1.48. The number of anilines is 1. The van der Waals surface area contributed by atoms with E-state index in [1.165, 1.54) is 16.7 Å². The van der Waals surface area contributed by atoms with E-state index in [9.17, 15) is 0 Å². The average molecular weight is 320 g/mol. The van der Waals surface area contributed by atoms with Gasteiger partial charge in [-0.15, -0.1) is 0 Å². The van der Waals surface area contributed by atoms with Gasteiger partial charge < -0.3 is 10.5 Å². The topological polar surface area (TPSA) is 35.2 Å². The van der Waals surface area contributed by atoms with E-state index in [1.54, 1.807) is 0 Å². The summed E-state index contributed by atoms with van der Waals surface area (Å²) in [5, 5.41) is 0. The minimum absolute atomic E-state index is 0.537. The van der Waals surface area contributed by atoms with Crippen molar-refractivity contribution < 1.29 is 4.74 Å². The van der Waals surface area contributed by atoms with Gasteiger partial charge in [-0.25, -0.2) is 0 Å². The molecule has 0 saturated carbocycles. The molecule has 2 aromatic carbocycles. The van der Waals surface area contributed by atoms with Crippen molar-refractivity contribution in [3.63, 3.8) is 0 Å². The first-order valence-corrected chi connectivity index (χ1v) is 7.00.